The first kappa shape index (κ1) is 16.4. The van der Waals surface area contributed by atoms with Crippen LogP contribution in [0.5, 0.6) is 0 Å². The highest BCUT2D eigenvalue weighted by Crippen LogP contribution is 2.26. The molecule has 0 aliphatic carbocycles. The van der Waals surface area contributed by atoms with E-state index in [1.807, 2.05) is 0 Å². The van der Waals surface area contributed by atoms with Crippen molar-refractivity contribution in [2.75, 3.05) is 25.1 Å². The molecule has 3 rings (SSSR count). The van der Waals surface area contributed by atoms with Crippen LogP contribution in [0.1, 0.15) is 29.6 Å². The molecule has 2 aliphatic rings. The highest BCUT2D eigenvalue weighted by molar-refractivity contribution is 6.04. The fourth-order valence-corrected chi connectivity index (χ4v) is 3.30. The molecule has 1 aromatic carbocycles. The van der Waals surface area contributed by atoms with E-state index in [2.05, 4.69) is 5.32 Å². The van der Waals surface area contributed by atoms with Crippen LogP contribution >= 0.6 is 0 Å². The average Bonchev–Trinajstić information content (AvgIpc) is 2.98. The molecule has 0 radical (unpaired) electrons. The number of nitrogens with zero attached hydrogens (tertiary/aromatic N) is 1. The van der Waals surface area contributed by atoms with Gasteiger partial charge in [0, 0.05) is 32.2 Å². The summed E-state index contributed by atoms with van der Waals surface area (Å²) in [5.74, 6) is -1.27. The second-order valence-electron chi connectivity index (χ2n) is 6.19. The third-order valence-corrected chi connectivity index (χ3v) is 4.61. The van der Waals surface area contributed by atoms with Crippen LogP contribution in [0.4, 0.5) is 5.69 Å². The van der Waals surface area contributed by atoms with E-state index in [1.54, 1.807) is 29.2 Å². The normalized spacial score (nSPS) is 21.8. The molecule has 1 aromatic rings. The summed E-state index contributed by atoms with van der Waals surface area (Å²) < 4.78 is 5.32. The van der Waals surface area contributed by atoms with Gasteiger partial charge >= 0.3 is 0 Å². The SMILES string of the molecule is NC(=O)c1ccccc1NC(=O)C1CC(=O)N(C2CCOCC2)C1. The van der Waals surface area contributed by atoms with E-state index in [-0.39, 0.29) is 29.8 Å². The number of carbonyl (C=O) groups is 3. The number of carbonyl (C=O) groups excluding carboxylic acids is 3. The number of amides is 3. The van der Waals surface area contributed by atoms with E-state index >= 15 is 0 Å². The minimum atomic E-state index is -0.600. The van der Waals surface area contributed by atoms with E-state index in [0.717, 1.165) is 12.8 Å². The van der Waals surface area contributed by atoms with E-state index in [9.17, 15) is 14.4 Å². The lowest BCUT2D eigenvalue weighted by Gasteiger charge is -2.31. The molecule has 24 heavy (non-hydrogen) atoms. The van der Waals surface area contributed by atoms with Gasteiger partial charge in [0.15, 0.2) is 0 Å². The van der Waals surface area contributed by atoms with Crippen molar-refractivity contribution in [3.63, 3.8) is 0 Å². The highest BCUT2D eigenvalue weighted by Gasteiger charge is 2.38. The smallest absolute Gasteiger partial charge is 0.250 e. The summed E-state index contributed by atoms with van der Waals surface area (Å²) in [6, 6.07) is 6.75. The van der Waals surface area contributed by atoms with Crippen LogP contribution in [-0.4, -0.2) is 48.4 Å². The van der Waals surface area contributed by atoms with Gasteiger partial charge in [-0.2, -0.15) is 0 Å². The minimum absolute atomic E-state index is 0.00485. The lowest BCUT2D eigenvalue weighted by molar-refractivity contribution is -0.131. The molecule has 3 N–H and O–H groups in total. The molecule has 2 heterocycles. The number of benzene rings is 1. The minimum Gasteiger partial charge on any atom is -0.381 e. The Morgan fingerprint density at radius 3 is 2.62 bits per heavy atom. The number of primary amides is 1. The van der Waals surface area contributed by atoms with Gasteiger partial charge in [-0.1, -0.05) is 12.1 Å². The second-order valence-corrected chi connectivity index (χ2v) is 6.19. The van der Waals surface area contributed by atoms with Crippen LogP contribution in [0, 0.1) is 5.92 Å². The summed E-state index contributed by atoms with van der Waals surface area (Å²) >= 11 is 0. The Labute approximate surface area is 140 Å². The van der Waals surface area contributed by atoms with Crippen molar-refractivity contribution in [3.8, 4) is 0 Å². The van der Waals surface area contributed by atoms with Crippen molar-refractivity contribution in [1.29, 1.82) is 0 Å². The first-order valence-electron chi connectivity index (χ1n) is 8.13. The zero-order valence-corrected chi connectivity index (χ0v) is 13.4. The summed E-state index contributed by atoms with van der Waals surface area (Å²) in [4.78, 5) is 38.0. The first-order valence-corrected chi connectivity index (χ1v) is 8.13. The van der Waals surface area contributed by atoms with E-state index in [4.69, 9.17) is 10.5 Å². The molecule has 0 bridgehead atoms. The monoisotopic (exact) mass is 331 g/mol. The van der Waals surface area contributed by atoms with Gasteiger partial charge in [-0.25, -0.2) is 0 Å². The van der Waals surface area contributed by atoms with Crippen LogP contribution in [0.2, 0.25) is 0 Å². The maximum atomic E-state index is 12.5. The molecular formula is C17H21N3O4. The largest absolute Gasteiger partial charge is 0.381 e. The number of nitrogens with one attached hydrogen (secondary N) is 1. The summed E-state index contributed by atoms with van der Waals surface area (Å²) in [6.07, 6.45) is 1.82. The van der Waals surface area contributed by atoms with Crippen LogP contribution in [0.25, 0.3) is 0 Å². The molecular weight excluding hydrogens is 310 g/mol. The van der Waals surface area contributed by atoms with Crippen LogP contribution in [-0.2, 0) is 14.3 Å². The van der Waals surface area contributed by atoms with Gasteiger partial charge in [0.1, 0.15) is 0 Å². The van der Waals surface area contributed by atoms with Crippen LogP contribution < -0.4 is 11.1 Å². The Morgan fingerprint density at radius 1 is 1.21 bits per heavy atom. The number of ether oxygens (including phenoxy) is 1. The van der Waals surface area contributed by atoms with Crippen molar-refractivity contribution in [1.82, 2.24) is 4.90 Å². The quantitative estimate of drug-likeness (QED) is 0.850. The molecule has 7 heteroatoms. The summed E-state index contributed by atoms with van der Waals surface area (Å²) in [5, 5.41) is 2.73. The Kier molecular flexibility index (Phi) is 4.80. The van der Waals surface area contributed by atoms with E-state index in [0.29, 0.717) is 25.4 Å². The van der Waals surface area contributed by atoms with Crippen LogP contribution in [0.15, 0.2) is 24.3 Å². The third kappa shape index (κ3) is 3.41. The average molecular weight is 331 g/mol. The number of anilines is 1. The number of para-hydroxylation sites is 1. The number of rotatable bonds is 4. The molecule has 2 saturated heterocycles. The van der Waals surface area contributed by atoms with Gasteiger partial charge in [0.05, 0.1) is 17.2 Å². The predicted molar refractivity (Wildman–Crippen MR) is 87.3 cm³/mol. The predicted octanol–water partition coefficient (Wildman–Crippen LogP) is 0.751. The second kappa shape index (κ2) is 7.00. The Morgan fingerprint density at radius 2 is 1.92 bits per heavy atom. The van der Waals surface area contributed by atoms with Crippen molar-refractivity contribution in [3.05, 3.63) is 29.8 Å². The molecule has 2 aliphatic heterocycles. The molecule has 7 nitrogen and oxygen atoms in total. The number of hydrogen-bond donors (Lipinski definition) is 2. The molecule has 0 saturated carbocycles. The zero-order valence-electron chi connectivity index (χ0n) is 13.4. The van der Waals surface area contributed by atoms with Crippen molar-refractivity contribution >= 4 is 23.4 Å². The topological polar surface area (TPSA) is 102 Å². The first-order chi connectivity index (χ1) is 11.6. The molecule has 0 spiro atoms. The summed E-state index contributed by atoms with van der Waals surface area (Å²) in [6.45, 7) is 1.71. The number of nitrogens with two attached hydrogens (primary N) is 1. The molecule has 2 fully saturated rings. The summed E-state index contributed by atoms with van der Waals surface area (Å²) in [5.41, 5.74) is 5.96. The maximum Gasteiger partial charge on any atom is 0.250 e. The van der Waals surface area contributed by atoms with Gasteiger partial charge in [-0.3, -0.25) is 14.4 Å². The van der Waals surface area contributed by atoms with E-state index in [1.165, 1.54) is 0 Å². The Bertz CT molecular complexity index is 655. The number of likely N-dealkylation sites (tertiary alicyclic amines) is 1. The Balaban J connectivity index is 1.66. The van der Waals surface area contributed by atoms with Gasteiger partial charge in [0.2, 0.25) is 11.8 Å². The highest BCUT2D eigenvalue weighted by atomic mass is 16.5. The fraction of sp³-hybridized carbons (Fsp3) is 0.471. The number of hydrogen-bond acceptors (Lipinski definition) is 4. The van der Waals surface area contributed by atoms with Crippen molar-refractivity contribution < 1.29 is 19.1 Å². The van der Waals surface area contributed by atoms with Crippen molar-refractivity contribution in [2.45, 2.75) is 25.3 Å². The molecule has 0 aromatic heterocycles. The molecule has 3 amide bonds. The molecule has 1 atom stereocenters. The fourth-order valence-electron chi connectivity index (χ4n) is 3.30. The Hall–Kier alpha value is -2.41. The summed E-state index contributed by atoms with van der Waals surface area (Å²) in [7, 11) is 0. The van der Waals surface area contributed by atoms with Gasteiger partial charge in [-0.15, -0.1) is 0 Å². The lowest BCUT2D eigenvalue weighted by atomic mass is 10.1. The van der Waals surface area contributed by atoms with Crippen molar-refractivity contribution in [2.24, 2.45) is 11.7 Å². The third-order valence-electron chi connectivity index (χ3n) is 4.61. The van der Waals surface area contributed by atoms with Gasteiger partial charge < -0.3 is 20.7 Å². The maximum absolute atomic E-state index is 12.5. The molecule has 128 valence electrons. The van der Waals surface area contributed by atoms with Crippen LogP contribution in [0.3, 0.4) is 0 Å². The van der Waals surface area contributed by atoms with Gasteiger partial charge in [0.25, 0.3) is 5.91 Å². The standard InChI is InChI=1S/C17H21N3O4/c18-16(22)13-3-1-2-4-14(13)19-17(23)11-9-15(21)20(10-11)12-5-7-24-8-6-12/h1-4,11-12H,5-10H2,(H2,18,22)(H,19,23). The zero-order chi connectivity index (χ0) is 17.1. The lowest BCUT2D eigenvalue weighted by Crippen LogP contribution is -2.41. The van der Waals surface area contributed by atoms with E-state index < -0.39 is 11.8 Å². The van der Waals surface area contributed by atoms with Gasteiger partial charge in [-0.05, 0) is 25.0 Å². The molecule has 1 unspecified atom stereocenters.